The molecular formula is C6H11N3. The summed E-state index contributed by atoms with van der Waals surface area (Å²) in [4.78, 5) is 7.33. The van der Waals surface area contributed by atoms with Crippen molar-refractivity contribution in [3.63, 3.8) is 0 Å². The van der Waals surface area contributed by atoms with Crippen molar-refractivity contribution in [2.24, 2.45) is 15.7 Å². The van der Waals surface area contributed by atoms with Crippen molar-refractivity contribution < 1.29 is 0 Å². The summed E-state index contributed by atoms with van der Waals surface area (Å²) >= 11 is 0. The van der Waals surface area contributed by atoms with E-state index < -0.39 is 0 Å². The van der Waals surface area contributed by atoms with Crippen LogP contribution in [0.15, 0.2) is 22.0 Å². The van der Waals surface area contributed by atoms with Crippen LogP contribution < -0.4 is 5.73 Å². The van der Waals surface area contributed by atoms with Gasteiger partial charge in [0.15, 0.2) is 0 Å². The Morgan fingerprint density at radius 1 is 1.56 bits per heavy atom. The Balaban J connectivity index is 4.05. The molecule has 0 fully saturated rings. The number of nitrogens with two attached hydrogens (primary N) is 1. The van der Waals surface area contributed by atoms with E-state index in [0.717, 1.165) is 5.71 Å². The molecular weight excluding hydrogens is 114 g/mol. The molecule has 0 unspecified atom stereocenters. The third-order valence-corrected chi connectivity index (χ3v) is 0.576. The molecule has 0 aliphatic carbocycles. The molecule has 0 aromatic rings. The van der Waals surface area contributed by atoms with Crippen molar-refractivity contribution in [2.45, 2.75) is 13.8 Å². The minimum atomic E-state index is 0.394. The predicted octanol–water partition coefficient (Wildman–Crippen LogP) is 0.925. The predicted molar refractivity (Wildman–Crippen MR) is 40.6 cm³/mol. The Labute approximate surface area is 55.0 Å². The Kier molecular flexibility index (Phi) is 3.35. The highest BCUT2D eigenvalue weighted by atomic mass is 14.9. The first-order valence-corrected chi connectivity index (χ1v) is 2.60. The maximum Gasteiger partial charge on any atom is 0.141 e. The molecule has 50 valence electrons. The molecule has 9 heavy (non-hydrogen) atoms. The minimum absolute atomic E-state index is 0.394. The van der Waals surface area contributed by atoms with Gasteiger partial charge in [0.05, 0.1) is 6.20 Å². The van der Waals surface area contributed by atoms with Gasteiger partial charge in [-0.3, -0.25) is 4.99 Å². The summed E-state index contributed by atoms with van der Waals surface area (Å²) in [6, 6.07) is 0. The third kappa shape index (κ3) is 4.74. The molecule has 0 amide bonds. The van der Waals surface area contributed by atoms with E-state index in [4.69, 9.17) is 5.73 Å². The Morgan fingerprint density at radius 2 is 2.11 bits per heavy atom. The molecule has 0 aromatic heterocycles. The fourth-order valence-electron chi connectivity index (χ4n) is 0.381. The monoisotopic (exact) mass is 125 g/mol. The van der Waals surface area contributed by atoms with E-state index in [1.165, 1.54) is 6.20 Å². The minimum Gasteiger partial charge on any atom is -0.382 e. The van der Waals surface area contributed by atoms with Crippen molar-refractivity contribution in [1.82, 2.24) is 0 Å². The van der Waals surface area contributed by atoms with E-state index in [0.29, 0.717) is 5.82 Å². The zero-order valence-corrected chi connectivity index (χ0v) is 5.76. The maximum absolute atomic E-state index is 5.32. The maximum atomic E-state index is 5.32. The molecule has 3 heteroatoms. The molecule has 0 atom stereocenters. The van der Waals surface area contributed by atoms with Crippen molar-refractivity contribution in [2.75, 3.05) is 0 Å². The summed E-state index contributed by atoms with van der Waals surface area (Å²) in [5, 5.41) is 0. The van der Waals surface area contributed by atoms with Crippen molar-refractivity contribution in [1.29, 1.82) is 0 Å². The first kappa shape index (κ1) is 7.88. The van der Waals surface area contributed by atoms with Gasteiger partial charge in [0.2, 0.25) is 0 Å². The highest BCUT2D eigenvalue weighted by molar-refractivity contribution is 5.80. The fraction of sp³-hybridized carbons (Fsp3) is 0.333. The van der Waals surface area contributed by atoms with Crippen LogP contribution in [0.1, 0.15) is 13.8 Å². The van der Waals surface area contributed by atoms with Crippen LogP contribution in [0.4, 0.5) is 0 Å². The molecule has 3 nitrogen and oxygen atoms in total. The van der Waals surface area contributed by atoms with E-state index in [-0.39, 0.29) is 0 Å². The molecule has 0 radical (unpaired) electrons. The van der Waals surface area contributed by atoms with Gasteiger partial charge >= 0.3 is 0 Å². The standard InChI is InChI=1S/C6H11N3/c1-5(2)9-6(7)4-8-3/h4H,3,7H2,1-2H3/b6-4-. The molecule has 0 aliphatic rings. The van der Waals surface area contributed by atoms with Crippen molar-refractivity contribution in [3.05, 3.63) is 12.0 Å². The molecule has 0 bridgehead atoms. The summed E-state index contributed by atoms with van der Waals surface area (Å²) in [6.45, 7) is 6.96. The van der Waals surface area contributed by atoms with E-state index in [2.05, 4.69) is 16.7 Å². The van der Waals surface area contributed by atoms with Crippen molar-refractivity contribution >= 4 is 12.4 Å². The second-order valence-corrected chi connectivity index (χ2v) is 1.80. The van der Waals surface area contributed by atoms with E-state index in [1.807, 2.05) is 13.8 Å². The SMILES string of the molecule is C=N/C=C(/N)N=C(C)C. The van der Waals surface area contributed by atoms with Crippen LogP contribution in [0.2, 0.25) is 0 Å². The van der Waals surface area contributed by atoms with Crippen molar-refractivity contribution in [3.8, 4) is 0 Å². The second-order valence-electron chi connectivity index (χ2n) is 1.80. The summed E-state index contributed by atoms with van der Waals surface area (Å²) < 4.78 is 0. The third-order valence-electron chi connectivity index (χ3n) is 0.576. The van der Waals surface area contributed by atoms with Crippen LogP contribution in [-0.2, 0) is 0 Å². The molecule has 0 rings (SSSR count). The number of aliphatic imine (C=N–C) groups is 2. The molecule has 0 heterocycles. The van der Waals surface area contributed by atoms with Gasteiger partial charge in [-0.2, -0.15) is 0 Å². The molecule has 0 aliphatic heterocycles. The lowest BCUT2D eigenvalue weighted by molar-refractivity contribution is 1.21. The van der Waals surface area contributed by atoms with E-state index in [9.17, 15) is 0 Å². The molecule has 0 saturated heterocycles. The first-order chi connectivity index (χ1) is 4.16. The summed E-state index contributed by atoms with van der Waals surface area (Å²) in [5.74, 6) is 0.394. The van der Waals surface area contributed by atoms with Gasteiger partial charge in [0.1, 0.15) is 5.82 Å². The smallest absolute Gasteiger partial charge is 0.141 e. The Hall–Kier alpha value is -1.12. The Morgan fingerprint density at radius 3 is 2.44 bits per heavy atom. The van der Waals surface area contributed by atoms with Crippen LogP contribution in [0.3, 0.4) is 0 Å². The number of hydrogen-bond acceptors (Lipinski definition) is 3. The van der Waals surface area contributed by atoms with Crippen LogP contribution in [-0.4, -0.2) is 12.4 Å². The van der Waals surface area contributed by atoms with E-state index >= 15 is 0 Å². The summed E-state index contributed by atoms with van der Waals surface area (Å²) in [6.07, 6.45) is 1.41. The zero-order valence-electron chi connectivity index (χ0n) is 5.76. The van der Waals surface area contributed by atoms with Crippen LogP contribution in [0.25, 0.3) is 0 Å². The first-order valence-electron chi connectivity index (χ1n) is 2.60. The topological polar surface area (TPSA) is 50.7 Å². The average Bonchev–Trinajstić information content (AvgIpc) is 1.63. The summed E-state index contributed by atoms with van der Waals surface area (Å²) in [5.41, 5.74) is 6.23. The molecule has 0 saturated carbocycles. The van der Waals surface area contributed by atoms with Gasteiger partial charge in [-0.05, 0) is 20.6 Å². The Bertz CT molecular complexity index is 152. The summed E-state index contributed by atoms with van der Waals surface area (Å²) in [7, 11) is 0. The number of hydrogen-bond donors (Lipinski definition) is 1. The van der Waals surface area contributed by atoms with Gasteiger partial charge in [-0.1, -0.05) is 0 Å². The van der Waals surface area contributed by atoms with Gasteiger partial charge in [0, 0.05) is 5.71 Å². The van der Waals surface area contributed by atoms with E-state index in [1.54, 1.807) is 0 Å². The lowest BCUT2D eigenvalue weighted by Crippen LogP contribution is -1.94. The number of rotatable bonds is 2. The molecule has 0 aromatic carbocycles. The van der Waals surface area contributed by atoms with Crippen LogP contribution >= 0.6 is 0 Å². The number of nitrogens with zero attached hydrogens (tertiary/aromatic N) is 2. The highest BCUT2D eigenvalue weighted by Crippen LogP contribution is 1.86. The van der Waals surface area contributed by atoms with Gasteiger partial charge in [0.25, 0.3) is 0 Å². The quantitative estimate of drug-likeness (QED) is 0.548. The zero-order chi connectivity index (χ0) is 7.28. The lowest BCUT2D eigenvalue weighted by Gasteiger charge is -1.89. The van der Waals surface area contributed by atoms with Gasteiger partial charge in [-0.25, -0.2) is 4.99 Å². The molecule has 2 N–H and O–H groups in total. The van der Waals surface area contributed by atoms with Crippen LogP contribution in [0.5, 0.6) is 0 Å². The second kappa shape index (κ2) is 3.83. The van der Waals surface area contributed by atoms with Gasteiger partial charge < -0.3 is 5.73 Å². The van der Waals surface area contributed by atoms with Crippen LogP contribution in [0, 0.1) is 0 Å². The van der Waals surface area contributed by atoms with Gasteiger partial charge in [-0.15, -0.1) is 0 Å². The average molecular weight is 125 g/mol. The molecule has 0 spiro atoms. The highest BCUT2D eigenvalue weighted by Gasteiger charge is 1.80. The largest absolute Gasteiger partial charge is 0.382 e. The fourth-order valence-corrected chi connectivity index (χ4v) is 0.381. The normalized spacial score (nSPS) is 10.7. The lowest BCUT2D eigenvalue weighted by atomic mass is 10.5.